The molecule has 0 spiro atoms. The summed E-state index contributed by atoms with van der Waals surface area (Å²) in [4.78, 5) is 0. The van der Waals surface area contributed by atoms with Crippen LogP contribution in [0.2, 0.25) is 0 Å². The van der Waals surface area contributed by atoms with Gasteiger partial charge in [-0.1, -0.05) is 20.8 Å². The molecule has 4 heteroatoms. The van der Waals surface area contributed by atoms with E-state index in [4.69, 9.17) is 15.6 Å². The predicted molar refractivity (Wildman–Crippen MR) is 88.7 cm³/mol. The second kappa shape index (κ2) is 7.95. The van der Waals surface area contributed by atoms with Crippen LogP contribution in [0, 0.1) is 0 Å². The molecule has 0 saturated carbocycles. The maximum atomic E-state index is 6.16. The first kappa shape index (κ1) is 18.2. The Morgan fingerprint density at radius 1 is 1.19 bits per heavy atom. The van der Waals surface area contributed by atoms with Gasteiger partial charge in [0.05, 0.1) is 24.4 Å². The molecule has 1 atom stereocenters. The highest BCUT2D eigenvalue weighted by Crippen LogP contribution is 2.19. The molecule has 0 bridgehead atoms. The maximum Gasteiger partial charge on any atom is 0.0669 e. The van der Waals surface area contributed by atoms with E-state index in [1.165, 1.54) is 17.0 Å². The first-order valence-corrected chi connectivity index (χ1v) is 8.29. The fraction of sp³-hybridized carbons (Fsp3) is 0.824. The molecule has 0 radical (unpaired) electrons. The Labute approximate surface area is 130 Å². The molecule has 0 aromatic carbocycles. The number of hydrogen-bond donors (Lipinski definition) is 1. The Kier molecular flexibility index (Phi) is 6.88. The van der Waals surface area contributed by atoms with Gasteiger partial charge in [0.2, 0.25) is 0 Å². The first-order chi connectivity index (χ1) is 9.82. The van der Waals surface area contributed by atoms with Crippen LogP contribution in [0.1, 0.15) is 64.9 Å². The first-order valence-electron chi connectivity index (χ1n) is 8.29. The van der Waals surface area contributed by atoms with Crippen LogP contribution in [-0.4, -0.2) is 28.0 Å². The van der Waals surface area contributed by atoms with Gasteiger partial charge in [0, 0.05) is 11.7 Å². The van der Waals surface area contributed by atoms with Crippen molar-refractivity contribution in [1.82, 2.24) is 9.78 Å². The highest BCUT2D eigenvalue weighted by Gasteiger charge is 2.18. The highest BCUT2D eigenvalue weighted by molar-refractivity contribution is 5.28. The lowest BCUT2D eigenvalue weighted by atomic mass is 10.00. The summed E-state index contributed by atoms with van der Waals surface area (Å²) in [6.07, 6.45) is 3.90. The molecule has 122 valence electrons. The summed E-state index contributed by atoms with van der Waals surface area (Å²) in [5.74, 6) is 0. The molecule has 21 heavy (non-hydrogen) atoms. The largest absolute Gasteiger partial charge is 0.374 e. The molecule has 0 aliphatic rings. The zero-order chi connectivity index (χ0) is 16.0. The van der Waals surface area contributed by atoms with E-state index in [0.29, 0.717) is 6.61 Å². The summed E-state index contributed by atoms with van der Waals surface area (Å²) >= 11 is 0. The molecule has 2 N–H and O–H groups in total. The summed E-state index contributed by atoms with van der Waals surface area (Å²) in [6.45, 7) is 14.3. The zero-order valence-electron chi connectivity index (χ0n) is 14.7. The van der Waals surface area contributed by atoms with Crippen molar-refractivity contribution in [2.75, 3.05) is 6.61 Å². The van der Waals surface area contributed by atoms with Crippen molar-refractivity contribution < 1.29 is 4.74 Å². The summed E-state index contributed by atoms with van der Waals surface area (Å²) in [5.41, 5.74) is 9.95. The van der Waals surface area contributed by atoms with Crippen molar-refractivity contribution in [3.63, 3.8) is 0 Å². The number of rotatable bonds is 8. The van der Waals surface area contributed by atoms with Crippen molar-refractivity contribution in [2.24, 2.45) is 5.73 Å². The normalized spacial score (nSPS) is 13.7. The van der Waals surface area contributed by atoms with Gasteiger partial charge in [0.1, 0.15) is 0 Å². The van der Waals surface area contributed by atoms with Gasteiger partial charge in [0.25, 0.3) is 0 Å². The van der Waals surface area contributed by atoms with Gasteiger partial charge < -0.3 is 10.5 Å². The van der Waals surface area contributed by atoms with E-state index in [1.807, 2.05) is 0 Å². The summed E-state index contributed by atoms with van der Waals surface area (Å²) in [5, 5.41) is 4.79. The average molecular weight is 295 g/mol. The second-order valence-corrected chi connectivity index (χ2v) is 6.64. The van der Waals surface area contributed by atoms with Crippen LogP contribution >= 0.6 is 0 Å². The highest BCUT2D eigenvalue weighted by atomic mass is 16.5. The van der Waals surface area contributed by atoms with Crippen LogP contribution in [0.15, 0.2) is 0 Å². The van der Waals surface area contributed by atoms with Crippen molar-refractivity contribution in [3.05, 3.63) is 17.0 Å². The molecule has 1 heterocycles. The van der Waals surface area contributed by atoms with E-state index in [2.05, 4.69) is 46.2 Å². The zero-order valence-corrected chi connectivity index (χ0v) is 14.7. The molecule has 0 fully saturated rings. The fourth-order valence-electron chi connectivity index (χ4n) is 2.53. The van der Waals surface area contributed by atoms with E-state index >= 15 is 0 Å². The summed E-state index contributed by atoms with van der Waals surface area (Å²) < 4.78 is 7.96. The van der Waals surface area contributed by atoms with E-state index in [0.717, 1.165) is 32.2 Å². The standard InChI is InChI=1S/C17H33N3O/c1-7-13(18)12-14-15(8-2)19-20(16(14)9-3)10-11-21-17(4,5)6/h13H,7-12,18H2,1-6H3. The van der Waals surface area contributed by atoms with Gasteiger partial charge in [-0.3, -0.25) is 4.68 Å². The average Bonchev–Trinajstić information content (AvgIpc) is 2.74. The van der Waals surface area contributed by atoms with Crippen molar-refractivity contribution in [2.45, 2.75) is 85.4 Å². The van der Waals surface area contributed by atoms with Crippen LogP contribution in [0.4, 0.5) is 0 Å². The minimum absolute atomic E-state index is 0.0967. The topological polar surface area (TPSA) is 53.1 Å². The SMILES string of the molecule is CCc1nn(CCOC(C)(C)C)c(CC)c1CC(N)CC. The summed E-state index contributed by atoms with van der Waals surface area (Å²) in [6, 6.07) is 0.226. The maximum absolute atomic E-state index is 6.16. The van der Waals surface area contributed by atoms with Gasteiger partial charge in [-0.2, -0.15) is 5.10 Å². The third-order valence-corrected chi connectivity index (χ3v) is 3.75. The van der Waals surface area contributed by atoms with Gasteiger partial charge in [0.15, 0.2) is 0 Å². The lowest BCUT2D eigenvalue weighted by Gasteiger charge is -2.20. The predicted octanol–water partition coefficient (Wildman–Crippen LogP) is 3.10. The Balaban J connectivity index is 2.89. The molecular formula is C17H33N3O. The van der Waals surface area contributed by atoms with Crippen LogP contribution < -0.4 is 5.73 Å². The number of nitrogens with zero attached hydrogens (tertiary/aromatic N) is 2. The molecule has 1 aromatic heterocycles. The van der Waals surface area contributed by atoms with E-state index in [-0.39, 0.29) is 11.6 Å². The lowest BCUT2D eigenvalue weighted by Crippen LogP contribution is -2.23. The van der Waals surface area contributed by atoms with Gasteiger partial charge >= 0.3 is 0 Å². The molecule has 1 rings (SSSR count). The van der Waals surface area contributed by atoms with Gasteiger partial charge in [-0.15, -0.1) is 0 Å². The smallest absolute Gasteiger partial charge is 0.0669 e. The molecule has 0 amide bonds. The number of aryl methyl sites for hydroxylation is 1. The number of nitrogens with two attached hydrogens (primary N) is 1. The lowest BCUT2D eigenvalue weighted by molar-refractivity contribution is -0.00817. The fourth-order valence-corrected chi connectivity index (χ4v) is 2.53. The number of aromatic nitrogens is 2. The molecule has 0 aliphatic carbocycles. The van der Waals surface area contributed by atoms with E-state index < -0.39 is 0 Å². The summed E-state index contributed by atoms with van der Waals surface area (Å²) in [7, 11) is 0. The van der Waals surface area contributed by atoms with E-state index in [9.17, 15) is 0 Å². The molecular weight excluding hydrogens is 262 g/mol. The molecule has 1 aromatic rings. The van der Waals surface area contributed by atoms with E-state index in [1.54, 1.807) is 0 Å². The third kappa shape index (κ3) is 5.44. The molecule has 0 aliphatic heterocycles. The van der Waals surface area contributed by atoms with Crippen LogP contribution in [0.3, 0.4) is 0 Å². The minimum atomic E-state index is -0.0967. The number of hydrogen-bond acceptors (Lipinski definition) is 3. The minimum Gasteiger partial charge on any atom is -0.374 e. The van der Waals surface area contributed by atoms with Crippen LogP contribution in [0.25, 0.3) is 0 Å². The van der Waals surface area contributed by atoms with Crippen molar-refractivity contribution in [1.29, 1.82) is 0 Å². The third-order valence-electron chi connectivity index (χ3n) is 3.75. The van der Waals surface area contributed by atoms with Crippen LogP contribution in [0.5, 0.6) is 0 Å². The molecule has 1 unspecified atom stereocenters. The molecule has 4 nitrogen and oxygen atoms in total. The monoisotopic (exact) mass is 295 g/mol. The van der Waals surface area contributed by atoms with Crippen molar-refractivity contribution >= 4 is 0 Å². The Morgan fingerprint density at radius 2 is 1.86 bits per heavy atom. The second-order valence-electron chi connectivity index (χ2n) is 6.64. The van der Waals surface area contributed by atoms with Crippen LogP contribution in [-0.2, 0) is 30.5 Å². The number of ether oxygens (including phenoxy) is 1. The Bertz CT molecular complexity index is 432. The van der Waals surface area contributed by atoms with Crippen molar-refractivity contribution in [3.8, 4) is 0 Å². The molecule has 0 saturated heterocycles. The Morgan fingerprint density at radius 3 is 2.33 bits per heavy atom. The Hall–Kier alpha value is -0.870. The van der Waals surface area contributed by atoms with Gasteiger partial charge in [-0.05, 0) is 52.0 Å². The quantitative estimate of drug-likeness (QED) is 0.802. The van der Waals surface area contributed by atoms with Gasteiger partial charge in [-0.25, -0.2) is 0 Å².